The van der Waals surface area contributed by atoms with Crippen molar-refractivity contribution in [3.63, 3.8) is 0 Å². The minimum atomic E-state index is 0.149. The highest BCUT2D eigenvalue weighted by Crippen LogP contribution is 2.35. The average molecular weight is 504 g/mol. The second kappa shape index (κ2) is 8.61. The first-order valence-electron chi connectivity index (χ1n) is 9.92. The van der Waals surface area contributed by atoms with Gasteiger partial charge in [-0.3, -0.25) is 5.41 Å². The van der Waals surface area contributed by atoms with Crippen molar-refractivity contribution in [3.05, 3.63) is 99.5 Å². The van der Waals surface area contributed by atoms with E-state index < -0.39 is 0 Å². The molecule has 0 unspecified atom stereocenters. The molecule has 7 heteroatoms. The predicted molar refractivity (Wildman–Crippen MR) is 133 cm³/mol. The van der Waals surface area contributed by atoms with Crippen LogP contribution in [0.4, 0.5) is 5.69 Å². The van der Waals surface area contributed by atoms with Crippen LogP contribution >= 0.6 is 27.3 Å². The zero-order valence-electron chi connectivity index (χ0n) is 16.8. The molecule has 1 aromatic heterocycles. The summed E-state index contributed by atoms with van der Waals surface area (Å²) in [7, 11) is 0. The van der Waals surface area contributed by atoms with Crippen molar-refractivity contribution in [2.24, 2.45) is 0 Å². The number of halogens is 1. The van der Waals surface area contributed by atoms with Crippen molar-refractivity contribution in [3.8, 4) is 22.8 Å². The van der Waals surface area contributed by atoms with Gasteiger partial charge in [-0.25, -0.2) is 4.98 Å². The Morgan fingerprint density at radius 3 is 2.34 bits per heavy atom. The minimum Gasteiger partial charge on any atom is -0.510 e. The lowest BCUT2D eigenvalue weighted by atomic mass is 10.2. The van der Waals surface area contributed by atoms with Crippen molar-refractivity contribution in [2.75, 3.05) is 11.4 Å². The van der Waals surface area contributed by atoms with Crippen LogP contribution in [0, 0.1) is 5.41 Å². The van der Waals surface area contributed by atoms with E-state index in [1.165, 1.54) is 11.3 Å². The number of amidine groups is 1. The molecule has 1 aliphatic rings. The van der Waals surface area contributed by atoms with Crippen LogP contribution in [0.1, 0.15) is 5.01 Å². The summed E-state index contributed by atoms with van der Waals surface area (Å²) in [5, 5.41) is 21.9. The van der Waals surface area contributed by atoms with Gasteiger partial charge in [-0.05, 0) is 48.5 Å². The van der Waals surface area contributed by atoms with Crippen LogP contribution in [0.25, 0.3) is 16.8 Å². The molecule has 0 bridgehead atoms. The summed E-state index contributed by atoms with van der Waals surface area (Å²) in [5.41, 5.74) is 3.10. The number of hydrogen-bond acceptors (Lipinski definition) is 5. The largest absolute Gasteiger partial charge is 0.510 e. The van der Waals surface area contributed by atoms with Gasteiger partial charge >= 0.3 is 0 Å². The molecule has 158 valence electrons. The summed E-state index contributed by atoms with van der Waals surface area (Å²) in [6, 6.07) is 25.0. The molecule has 2 N–H and O–H groups in total. The van der Waals surface area contributed by atoms with Crippen molar-refractivity contribution in [1.82, 2.24) is 4.98 Å². The number of nitrogens with zero attached hydrogens (tertiary/aromatic N) is 2. The summed E-state index contributed by atoms with van der Waals surface area (Å²) >= 11 is 4.87. The van der Waals surface area contributed by atoms with E-state index in [-0.39, 0.29) is 18.1 Å². The van der Waals surface area contributed by atoms with Crippen LogP contribution in [-0.4, -0.2) is 22.5 Å². The number of nitrogens with one attached hydrogen (secondary N) is 1. The van der Waals surface area contributed by atoms with E-state index in [1.807, 2.05) is 84.2 Å². The van der Waals surface area contributed by atoms with E-state index in [0.29, 0.717) is 16.3 Å². The Balaban J connectivity index is 1.34. The highest BCUT2D eigenvalue weighted by atomic mass is 79.9. The molecule has 32 heavy (non-hydrogen) atoms. The van der Waals surface area contributed by atoms with Crippen LogP contribution in [0.15, 0.2) is 94.5 Å². The first-order valence-corrected chi connectivity index (χ1v) is 11.6. The van der Waals surface area contributed by atoms with Gasteiger partial charge in [-0.15, -0.1) is 11.3 Å². The van der Waals surface area contributed by atoms with Gasteiger partial charge in [-0.1, -0.05) is 46.3 Å². The smallest absolute Gasteiger partial charge is 0.139 e. The molecule has 5 nitrogen and oxygen atoms in total. The number of para-hydroxylation sites is 1. The van der Waals surface area contributed by atoms with Crippen LogP contribution in [-0.2, 0) is 0 Å². The highest BCUT2D eigenvalue weighted by Gasteiger charge is 2.31. The van der Waals surface area contributed by atoms with Crippen molar-refractivity contribution < 1.29 is 9.84 Å². The Kier molecular flexibility index (Phi) is 5.51. The molecular formula is C25H18BrN3O2S. The zero-order valence-corrected chi connectivity index (χ0v) is 19.2. The summed E-state index contributed by atoms with van der Waals surface area (Å²) in [6.45, 7) is 0.236. The number of aromatic nitrogens is 1. The summed E-state index contributed by atoms with van der Waals surface area (Å²) in [4.78, 5) is 6.44. The molecule has 0 radical (unpaired) electrons. The maximum Gasteiger partial charge on any atom is 0.139 e. The fourth-order valence-corrected chi connectivity index (χ4v) is 4.64. The lowest BCUT2D eigenvalue weighted by Gasteiger charge is -2.19. The van der Waals surface area contributed by atoms with Crippen LogP contribution in [0.2, 0.25) is 0 Å². The van der Waals surface area contributed by atoms with Gasteiger partial charge in [0, 0.05) is 21.1 Å². The van der Waals surface area contributed by atoms with Gasteiger partial charge in [0.25, 0.3) is 0 Å². The van der Waals surface area contributed by atoms with Gasteiger partial charge in [-0.2, -0.15) is 0 Å². The second-order valence-corrected chi connectivity index (χ2v) is 8.98. The highest BCUT2D eigenvalue weighted by molar-refractivity contribution is 9.10. The zero-order chi connectivity index (χ0) is 22.1. The number of rotatable bonds is 5. The fourth-order valence-electron chi connectivity index (χ4n) is 3.49. The molecule has 0 fully saturated rings. The molecule has 0 spiro atoms. The molecule has 5 rings (SSSR count). The lowest BCUT2D eigenvalue weighted by Crippen LogP contribution is -2.25. The third-order valence-corrected chi connectivity index (χ3v) is 6.48. The number of benzene rings is 3. The van der Waals surface area contributed by atoms with Crippen molar-refractivity contribution in [2.45, 2.75) is 0 Å². The maximum atomic E-state index is 10.6. The maximum absolute atomic E-state index is 10.6. The Morgan fingerprint density at radius 1 is 0.938 bits per heavy atom. The summed E-state index contributed by atoms with van der Waals surface area (Å²) in [5.74, 6) is 1.86. The first-order chi connectivity index (χ1) is 15.6. The van der Waals surface area contributed by atoms with Crippen molar-refractivity contribution >= 4 is 44.4 Å². The number of thiazole rings is 1. The van der Waals surface area contributed by atoms with Gasteiger partial charge in [0.2, 0.25) is 0 Å². The van der Waals surface area contributed by atoms with Gasteiger partial charge in [0.15, 0.2) is 0 Å². The number of aliphatic hydroxyl groups is 1. The molecule has 3 aromatic carbocycles. The average Bonchev–Trinajstić information content (AvgIpc) is 3.40. The number of hydrogen-bond donors (Lipinski definition) is 2. The third kappa shape index (κ3) is 4.04. The topological polar surface area (TPSA) is 69.4 Å². The minimum absolute atomic E-state index is 0.149. The number of anilines is 1. The second-order valence-electron chi connectivity index (χ2n) is 7.21. The third-order valence-electron chi connectivity index (χ3n) is 5.09. The number of aliphatic hydroxyl groups excluding tert-OH is 1. The number of ether oxygens (including phenoxy) is 1. The van der Waals surface area contributed by atoms with E-state index in [1.54, 1.807) is 4.90 Å². The van der Waals surface area contributed by atoms with Crippen LogP contribution in [0.5, 0.6) is 11.5 Å². The fraction of sp³-hybridized carbons (Fsp3) is 0.0400. The van der Waals surface area contributed by atoms with Crippen LogP contribution < -0.4 is 9.64 Å². The van der Waals surface area contributed by atoms with Gasteiger partial charge < -0.3 is 14.7 Å². The normalized spacial score (nSPS) is 13.7. The lowest BCUT2D eigenvalue weighted by molar-refractivity contribution is 0.411. The molecule has 0 amide bonds. The van der Waals surface area contributed by atoms with Gasteiger partial charge in [0.1, 0.15) is 28.1 Å². The molecule has 0 aliphatic carbocycles. The Bertz CT molecular complexity index is 1300. The monoisotopic (exact) mass is 503 g/mol. The van der Waals surface area contributed by atoms with Crippen molar-refractivity contribution in [1.29, 1.82) is 5.41 Å². The molecule has 2 heterocycles. The quantitative estimate of drug-likeness (QED) is 0.303. The molecule has 1 aliphatic heterocycles. The standard InChI is InChI=1S/C25H18BrN3O2S/c26-17-8-6-16(7-9-17)21-15-32-25(28-21)23-22(30)14-29(24(23)27)18-10-12-20(13-11-18)31-19-4-2-1-3-5-19/h1-13,15,27,30H,14H2. The first kappa shape index (κ1) is 20.5. The van der Waals surface area contributed by atoms with E-state index in [0.717, 1.165) is 27.2 Å². The van der Waals surface area contributed by atoms with Gasteiger partial charge in [0.05, 0.1) is 17.8 Å². The summed E-state index contributed by atoms with van der Waals surface area (Å²) < 4.78 is 6.85. The molecular weight excluding hydrogens is 486 g/mol. The molecule has 4 aromatic rings. The van der Waals surface area contributed by atoms with E-state index in [4.69, 9.17) is 10.1 Å². The Morgan fingerprint density at radius 2 is 1.62 bits per heavy atom. The Labute approximate surface area is 197 Å². The molecule has 0 saturated carbocycles. The van der Waals surface area contributed by atoms with E-state index in [2.05, 4.69) is 20.9 Å². The van der Waals surface area contributed by atoms with E-state index >= 15 is 0 Å². The Hall–Kier alpha value is -3.42. The summed E-state index contributed by atoms with van der Waals surface area (Å²) in [6.07, 6.45) is 0. The van der Waals surface area contributed by atoms with E-state index in [9.17, 15) is 5.11 Å². The SMILES string of the molecule is N=C1C(c2nc(-c3ccc(Br)cc3)cs2)=C(O)CN1c1ccc(Oc2ccccc2)cc1. The molecule has 0 atom stereocenters. The predicted octanol–water partition coefficient (Wildman–Crippen LogP) is 7.13. The molecule has 0 saturated heterocycles. The van der Waals surface area contributed by atoms with Crippen LogP contribution in [0.3, 0.4) is 0 Å².